The minimum absolute atomic E-state index is 0.0926. The molecule has 0 aliphatic carbocycles. The molecule has 1 aliphatic heterocycles. The second-order valence-electron chi connectivity index (χ2n) is 4.39. The Bertz CT molecular complexity index is 496. The van der Waals surface area contributed by atoms with Crippen molar-refractivity contribution in [3.63, 3.8) is 0 Å². The van der Waals surface area contributed by atoms with E-state index in [0.717, 1.165) is 24.4 Å². The van der Waals surface area contributed by atoms with Crippen LogP contribution < -0.4 is 15.0 Å². The summed E-state index contributed by atoms with van der Waals surface area (Å²) < 4.78 is 5.34. The van der Waals surface area contributed by atoms with Crippen molar-refractivity contribution in [2.75, 3.05) is 25.1 Å². The molecule has 0 spiro atoms. The molecule has 2 rings (SSSR count). The number of hydrogen-bond donors (Lipinski definition) is 1. The Morgan fingerprint density at radius 1 is 1.53 bits per heavy atom. The van der Waals surface area contributed by atoms with Crippen LogP contribution in [0.1, 0.15) is 12.8 Å². The molecule has 1 unspecified atom stereocenters. The van der Waals surface area contributed by atoms with Gasteiger partial charge < -0.3 is 15.0 Å². The fraction of sp³-hybridized carbons (Fsp3) is 0.429. The molecule has 5 heteroatoms. The number of hydrogen-bond acceptors (Lipinski definition) is 4. The van der Waals surface area contributed by atoms with Crippen molar-refractivity contribution in [1.29, 1.82) is 5.26 Å². The molecule has 1 atom stereocenters. The second kappa shape index (κ2) is 6.10. The van der Waals surface area contributed by atoms with Gasteiger partial charge in [-0.25, -0.2) is 0 Å². The van der Waals surface area contributed by atoms with Gasteiger partial charge in [-0.15, -0.1) is 0 Å². The monoisotopic (exact) mass is 259 g/mol. The number of amides is 1. The highest BCUT2D eigenvalue weighted by atomic mass is 16.5. The van der Waals surface area contributed by atoms with E-state index in [4.69, 9.17) is 10.00 Å². The first-order chi connectivity index (χ1) is 9.27. The summed E-state index contributed by atoms with van der Waals surface area (Å²) in [6.45, 7) is 1.37. The van der Waals surface area contributed by atoms with Crippen LogP contribution in [0.5, 0.6) is 5.75 Å². The summed E-state index contributed by atoms with van der Waals surface area (Å²) in [5, 5.41) is 11.8. The number of nitrogens with one attached hydrogen (secondary N) is 1. The molecule has 19 heavy (non-hydrogen) atoms. The lowest BCUT2D eigenvalue weighted by Crippen LogP contribution is -2.44. The van der Waals surface area contributed by atoms with E-state index in [1.54, 1.807) is 7.11 Å². The number of benzene rings is 1. The van der Waals surface area contributed by atoms with Crippen molar-refractivity contribution in [2.45, 2.75) is 18.9 Å². The van der Waals surface area contributed by atoms with Crippen molar-refractivity contribution in [2.24, 2.45) is 0 Å². The van der Waals surface area contributed by atoms with Crippen LogP contribution in [0, 0.1) is 11.3 Å². The van der Waals surface area contributed by atoms with Crippen LogP contribution in [0.4, 0.5) is 5.69 Å². The summed E-state index contributed by atoms with van der Waals surface area (Å²) in [5.41, 5.74) is 0.863. The standard InChI is InChI=1S/C14H17N3O2/c1-19-13-6-3-2-5-11(13)17-10-4-9-16-14(18)12(17)7-8-15/h2-3,5-6,12H,4,7,9-10H2,1H3,(H,16,18). The van der Waals surface area contributed by atoms with Crippen LogP contribution in [0.3, 0.4) is 0 Å². The number of para-hydroxylation sites is 2. The van der Waals surface area contributed by atoms with E-state index in [9.17, 15) is 4.79 Å². The van der Waals surface area contributed by atoms with Crippen molar-refractivity contribution in [1.82, 2.24) is 5.32 Å². The van der Waals surface area contributed by atoms with Crippen LogP contribution in [-0.2, 0) is 4.79 Å². The molecule has 100 valence electrons. The number of methoxy groups -OCH3 is 1. The Kier molecular flexibility index (Phi) is 4.24. The molecular formula is C14H17N3O2. The van der Waals surface area contributed by atoms with Gasteiger partial charge in [-0.05, 0) is 18.6 Å². The highest BCUT2D eigenvalue weighted by molar-refractivity contribution is 5.86. The van der Waals surface area contributed by atoms with Crippen LogP contribution in [-0.4, -0.2) is 32.1 Å². The highest BCUT2D eigenvalue weighted by Crippen LogP contribution is 2.30. The lowest BCUT2D eigenvalue weighted by Gasteiger charge is -2.30. The van der Waals surface area contributed by atoms with E-state index >= 15 is 0 Å². The molecule has 1 saturated heterocycles. The Morgan fingerprint density at radius 2 is 2.32 bits per heavy atom. The first kappa shape index (κ1) is 13.2. The van der Waals surface area contributed by atoms with Crippen LogP contribution in [0.25, 0.3) is 0 Å². The van der Waals surface area contributed by atoms with E-state index in [1.807, 2.05) is 29.2 Å². The molecule has 1 heterocycles. The fourth-order valence-electron chi connectivity index (χ4n) is 2.32. The van der Waals surface area contributed by atoms with E-state index in [0.29, 0.717) is 6.54 Å². The van der Waals surface area contributed by atoms with Gasteiger partial charge in [-0.1, -0.05) is 12.1 Å². The highest BCUT2D eigenvalue weighted by Gasteiger charge is 2.29. The molecular weight excluding hydrogens is 242 g/mol. The maximum atomic E-state index is 12.0. The lowest BCUT2D eigenvalue weighted by atomic mass is 10.1. The van der Waals surface area contributed by atoms with Gasteiger partial charge in [-0.2, -0.15) is 5.26 Å². The molecule has 1 aromatic rings. The van der Waals surface area contributed by atoms with Gasteiger partial charge in [0.05, 0.1) is 25.3 Å². The summed E-state index contributed by atoms with van der Waals surface area (Å²) in [4.78, 5) is 14.0. The number of rotatable bonds is 3. The van der Waals surface area contributed by atoms with Gasteiger partial charge in [0.1, 0.15) is 11.8 Å². The third kappa shape index (κ3) is 2.79. The third-order valence-corrected chi connectivity index (χ3v) is 3.23. The Morgan fingerprint density at radius 3 is 3.05 bits per heavy atom. The maximum absolute atomic E-state index is 12.0. The van der Waals surface area contributed by atoms with E-state index in [-0.39, 0.29) is 12.3 Å². The summed E-state index contributed by atoms with van der Waals surface area (Å²) >= 11 is 0. The van der Waals surface area contributed by atoms with Gasteiger partial charge in [0.2, 0.25) is 5.91 Å². The van der Waals surface area contributed by atoms with Crippen molar-refractivity contribution in [3.05, 3.63) is 24.3 Å². The second-order valence-corrected chi connectivity index (χ2v) is 4.39. The number of nitriles is 1. The molecule has 1 aliphatic rings. The van der Waals surface area contributed by atoms with Gasteiger partial charge in [0.25, 0.3) is 0 Å². The predicted octanol–water partition coefficient (Wildman–Crippen LogP) is 1.30. The first-order valence-corrected chi connectivity index (χ1v) is 6.32. The van der Waals surface area contributed by atoms with Gasteiger partial charge in [-0.3, -0.25) is 4.79 Å². The lowest BCUT2D eigenvalue weighted by molar-refractivity contribution is -0.121. The van der Waals surface area contributed by atoms with Crippen LogP contribution >= 0.6 is 0 Å². The van der Waals surface area contributed by atoms with Crippen molar-refractivity contribution < 1.29 is 9.53 Å². The average molecular weight is 259 g/mol. The van der Waals surface area contributed by atoms with E-state index in [2.05, 4.69) is 11.4 Å². The minimum Gasteiger partial charge on any atom is -0.495 e. The van der Waals surface area contributed by atoms with Crippen LogP contribution in [0.15, 0.2) is 24.3 Å². The van der Waals surface area contributed by atoms with Gasteiger partial charge in [0.15, 0.2) is 0 Å². The zero-order valence-electron chi connectivity index (χ0n) is 10.9. The molecule has 0 bridgehead atoms. The smallest absolute Gasteiger partial charge is 0.243 e. The fourth-order valence-corrected chi connectivity index (χ4v) is 2.32. The summed E-state index contributed by atoms with van der Waals surface area (Å²) in [6.07, 6.45) is 1.02. The van der Waals surface area contributed by atoms with E-state index in [1.165, 1.54) is 0 Å². The molecule has 0 aromatic heterocycles. The Hall–Kier alpha value is -2.22. The number of anilines is 1. The molecule has 1 aromatic carbocycles. The number of carbonyl (C=O) groups excluding carboxylic acids is 1. The molecule has 0 radical (unpaired) electrons. The minimum atomic E-state index is -0.455. The largest absolute Gasteiger partial charge is 0.495 e. The molecule has 1 N–H and O–H groups in total. The zero-order chi connectivity index (χ0) is 13.7. The SMILES string of the molecule is COc1ccccc1N1CCCNC(=O)C1CC#N. The van der Waals surface area contributed by atoms with Crippen molar-refractivity contribution in [3.8, 4) is 11.8 Å². The molecule has 5 nitrogen and oxygen atoms in total. The Labute approximate surface area is 112 Å². The third-order valence-electron chi connectivity index (χ3n) is 3.23. The van der Waals surface area contributed by atoms with Crippen molar-refractivity contribution >= 4 is 11.6 Å². The quantitative estimate of drug-likeness (QED) is 0.888. The summed E-state index contributed by atoms with van der Waals surface area (Å²) in [6, 6.07) is 9.21. The average Bonchev–Trinajstić information content (AvgIpc) is 2.62. The Balaban J connectivity index is 2.37. The molecule has 1 fully saturated rings. The zero-order valence-corrected chi connectivity index (χ0v) is 10.9. The summed E-state index contributed by atoms with van der Waals surface area (Å²) in [7, 11) is 1.61. The maximum Gasteiger partial charge on any atom is 0.243 e. The topological polar surface area (TPSA) is 65.4 Å². The number of ether oxygens (including phenoxy) is 1. The summed E-state index contributed by atoms with van der Waals surface area (Å²) in [5.74, 6) is 0.630. The molecule has 1 amide bonds. The van der Waals surface area contributed by atoms with E-state index < -0.39 is 6.04 Å². The van der Waals surface area contributed by atoms with Gasteiger partial charge in [0, 0.05) is 13.1 Å². The van der Waals surface area contributed by atoms with Crippen LogP contribution in [0.2, 0.25) is 0 Å². The normalized spacial score (nSPS) is 19.3. The molecule has 0 saturated carbocycles. The van der Waals surface area contributed by atoms with Gasteiger partial charge >= 0.3 is 0 Å². The number of carbonyl (C=O) groups is 1. The first-order valence-electron chi connectivity index (χ1n) is 6.32. The number of nitrogens with zero attached hydrogens (tertiary/aromatic N) is 2. The predicted molar refractivity (Wildman–Crippen MR) is 72.0 cm³/mol.